The molecule has 13 heavy (non-hydrogen) atoms. The Morgan fingerprint density at radius 3 is 2.31 bits per heavy atom. The molecule has 0 aromatic rings. The van der Waals surface area contributed by atoms with Gasteiger partial charge in [-0.25, -0.2) is 0 Å². The zero-order valence-corrected chi connectivity index (χ0v) is 8.30. The summed E-state index contributed by atoms with van der Waals surface area (Å²) in [5, 5.41) is 0. The molecule has 1 aliphatic carbocycles. The van der Waals surface area contributed by atoms with Gasteiger partial charge in [0.15, 0.2) is 0 Å². The van der Waals surface area contributed by atoms with E-state index in [4.69, 9.17) is 0 Å². The molecule has 0 radical (unpaired) electrons. The van der Waals surface area contributed by atoms with Crippen molar-refractivity contribution in [2.24, 2.45) is 5.41 Å². The molecular weight excluding hydrogens is 164 g/mol. The second-order valence-electron chi connectivity index (χ2n) is 3.81. The maximum Gasteiger partial charge on any atom is 0.146 e. The van der Waals surface area contributed by atoms with Gasteiger partial charge in [-0.1, -0.05) is 12.2 Å². The number of rotatable bonds is 2. The molecule has 0 atom stereocenters. The van der Waals surface area contributed by atoms with Crippen LogP contribution in [0.4, 0.5) is 0 Å². The van der Waals surface area contributed by atoms with Crippen molar-refractivity contribution in [3.05, 3.63) is 12.2 Å². The van der Waals surface area contributed by atoms with Crippen LogP contribution in [0.15, 0.2) is 12.2 Å². The minimum absolute atomic E-state index is 0.113. The van der Waals surface area contributed by atoms with Crippen molar-refractivity contribution in [1.29, 1.82) is 0 Å². The summed E-state index contributed by atoms with van der Waals surface area (Å²) < 4.78 is 0. The summed E-state index contributed by atoms with van der Waals surface area (Å²) in [5.74, 6) is 0.226. The van der Waals surface area contributed by atoms with Crippen molar-refractivity contribution in [3.8, 4) is 0 Å². The van der Waals surface area contributed by atoms with Crippen LogP contribution in [0.2, 0.25) is 0 Å². The Kier molecular flexibility index (Phi) is 3.02. The molecule has 0 bridgehead atoms. The van der Waals surface area contributed by atoms with Gasteiger partial charge in [-0.15, -0.1) is 0 Å². The molecule has 0 spiro atoms. The molecule has 0 unspecified atom stereocenters. The molecule has 0 amide bonds. The summed E-state index contributed by atoms with van der Waals surface area (Å²) in [4.78, 5) is 23.2. The Balaban J connectivity index is 2.81. The Labute approximate surface area is 79.0 Å². The van der Waals surface area contributed by atoms with Crippen molar-refractivity contribution in [3.63, 3.8) is 0 Å². The minimum Gasteiger partial charge on any atom is -0.299 e. The van der Waals surface area contributed by atoms with E-state index in [9.17, 15) is 9.59 Å². The highest BCUT2D eigenvalue weighted by molar-refractivity contribution is 6.08. The van der Waals surface area contributed by atoms with E-state index in [0.29, 0.717) is 19.3 Å². The minimum atomic E-state index is -0.717. The lowest BCUT2D eigenvalue weighted by atomic mass is 9.71. The number of Topliss-reactive ketones (excluding diaryl/α,β-unsaturated/α-hetero) is 2. The summed E-state index contributed by atoms with van der Waals surface area (Å²) in [6, 6.07) is 0. The first kappa shape index (κ1) is 10.2. The molecule has 72 valence electrons. The lowest BCUT2D eigenvalue weighted by Gasteiger charge is -2.29. The normalized spacial score (nSPS) is 22.6. The fourth-order valence-electron chi connectivity index (χ4n) is 1.70. The van der Waals surface area contributed by atoms with Gasteiger partial charge < -0.3 is 0 Å². The first-order valence-corrected chi connectivity index (χ1v) is 4.79. The first-order chi connectivity index (χ1) is 6.11. The number of carbonyl (C=O) groups excluding carboxylic acids is 2. The fraction of sp³-hybridized carbons (Fsp3) is 0.636. The van der Waals surface area contributed by atoms with Gasteiger partial charge >= 0.3 is 0 Å². The predicted molar refractivity (Wildman–Crippen MR) is 51.4 cm³/mol. The zero-order chi connectivity index (χ0) is 9.90. The maximum atomic E-state index is 11.6. The molecule has 0 aromatic heterocycles. The molecule has 1 saturated carbocycles. The average molecular weight is 180 g/mol. The molecule has 1 fully saturated rings. The van der Waals surface area contributed by atoms with E-state index in [1.807, 2.05) is 19.1 Å². The molecule has 2 nitrogen and oxygen atoms in total. The van der Waals surface area contributed by atoms with E-state index in [1.165, 1.54) is 0 Å². The third kappa shape index (κ3) is 1.87. The molecule has 0 aliphatic heterocycles. The standard InChI is InChI=1S/C11H16O2/c1-3-4-8-11(2)9(12)6-5-7-10(11)13/h3-4H,5-8H2,1-2H3/b4-3+. The fourth-order valence-corrected chi connectivity index (χ4v) is 1.70. The maximum absolute atomic E-state index is 11.6. The van der Waals surface area contributed by atoms with Gasteiger partial charge in [0, 0.05) is 12.8 Å². The second kappa shape index (κ2) is 3.86. The van der Waals surface area contributed by atoms with Crippen LogP contribution in [-0.4, -0.2) is 11.6 Å². The smallest absolute Gasteiger partial charge is 0.146 e. The number of ketones is 2. The van der Waals surface area contributed by atoms with Crippen molar-refractivity contribution in [1.82, 2.24) is 0 Å². The van der Waals surface area contributed by atoms with Crippen molar-refractivity contribution < 1.29 is 9.59 Å². The molecule has 0 saturated heterocycles. The van der Waals surface area contributed by atoms with Crippen molar-refractivity contribution >= 4 is 11.6 Å². The van der Waals surface area contributed by atoms with Gasteiger partial charge in [0.05, 0.1) is 5.41 Å². The highest BCUT2D eigenvalue weighted by Crippen LogP contribution is 2.33. The van der Waals surface area contributed by atoms with Gasteiger partial charge in [0.1, 0.15) is 11.6 Å². The first-order valence-electron chi connectivity index (χ1n) is 4.79. The van der Waals surface area contributed by atoms with E-state index < -0.39 is 5.41 Å². The molecule has 0 heterocycles. The summed E-state index contributed by atoms with van der Waals surface area (Å²) in [7, 11) is 0. The molecule has 0 N–H and O–H groups in total. The van der Waals surface area contributed by atoms with E-state index in [-0.39, 0.29) is 11.6 Å². The second-order valence-corrected chi connectivity index (χ2v) is 3.81. The molecule has 1 rings (SSSR count). The van der Waals surface area contributed by atoms with Crippen LogP contribution in [-0.2, 0) is 9.59 Å². The molecular formula is C11H16O2. The number of allylic oxidation sites excluding steroid dienone is 2. The van der Waals surface area contributed by atoms with E-state index in [2.05, 4.69) is 0 Å². The van der Waals surface area contributed by atoms with Gasteiger partial charge in [-0.2, -0.15) is 0 Å². The largest absolute Gasteiger partial charge is 0.299 e. The third-order valence-electron chi connectivity index (χ3n) is 2.80. The highest BCUT2D eigenvalue weighted by atomic mass is 16.2. The number of carbonyl (C=O) groups is 2. The Morgan fingerprint density at radius 1 is 1.31 bits per heavy atom. The third-order valence-corrected chi connectivity index (χ3v) is 2.80. The van der Waals surface area contributed by atoms with Crippen LogP contribution in [0.1, 0.15) is 39.5 Å². The summed E-state index contributed by atoms with van der Waals surface area (Å²) >= 11 is 0. The van der Waals surface area contributed by atoms with Crippen LogP contribution >= 0.6 is 0 Å². The quantitative estimate of drug-likeness (QED) is 0.482. The Morgan fingerprint density at radius 2 is 1.85 bits per heavy atom. The number of hydrogen-bond donors (Lipinski definition) is 0. The Bertz CT molecular complexity index is 235. The van der Waals surface area contributed by atoms with Crippen LogP contribution in [0.25, 0.3) is 0 Å². The van der Waals surface area contributed by atoms with Crippen molar-refractivity contribution in [2.75, 3.05) is 0 Å². The molecule has 1 aliphatic rings. The molecule has 0 aromatic carbocycles. The van der Waals surface area contributed by atoms with E-state index >= 15 is 0 Å². The monoisotopic (exact) mass is 180 g/mol. The average Bonchev–Trinajstić information content (AvgIpc) is 2.11. The summed E-state index contributed by atoms with van der Waals surface area (Å²) in [5.41, 5.74) is -0.717. The zero-order valence-electron chi connectivity index (χ0n) is 8.30. The predicted octanol–water partition coefficient (Wildman–Crippen LogP) is 2.28. The van der Waals surface area contributed by atoms with Crippen LogP contribution in [0.5, 0.6) is 0 Å². The Hall–Kier alpha value is -0.920. The summed E-state index contributed by atoms with van der Waals surface area (Å²) in [6.07, 6.45) is 6.24. The van der Waals surface area contributed by atoms with E-state index in [0.717, 1.165) is 6.42 Å². The lowest BCUT2D eigenvalue weighted by molar-refractivity contribution is -0.142. The molecule has 2 heteroatoms. The SMILES string of the molecule is C/C=C/CC1(C)C(=O)CCCC1=O. The number of hydrogen-bond acceptors (Lipinski definition) is 2. The topological polar surface area (TPSA) is 34.1 Å². The van der Waals surface area contributed by atoms with Gasteiger partial charge in [-0.3, -0.25) is 9.59 Å². The summed E-state index contributed by atoms with van der Waals surface area (Å²) in [6.45, 7) is 3.68. The van der Waals surface area contributed by atoms with Crippen LogP contribution in [0.3, 0.4) is 0 Å². The van der Waals surface area contributed by atoms with Gasteiger partial charge in [-0.05, 0) is 26.7 Å². The highest BCUT2D eigenvalue weighted by Gasteiger charge is 2.41. The lowest BCUT2D eigenvalue weighted by Crippen LogP contribution is -2.39. The van der Waals surface area contributed by atoms with Gasteiger partial charge in [0.2, 0.25) is 0 Å². The van der Waals surface area contributed by atoms with Crippen LogP contribution < -0.4 is 0 Å². The van der Waals surface area contributed by atoms with Gasteiger partial charge in [0.25, 0.3) is 0 Å². The van der Waals surface area contributed by atoms with E-state index in [1.54, 1.807) is 6.92 Å². The van der Waals surface area contributed by atoms with Crippen molar-refractivity contribution in [2.45, 2.75) is 39.5 Å². The van der Waals surface area contributed by atoms with Crippen LogP contribution in [0, 0.1) is 5.41 Å².